The first kappa shape index (κ1) is 28.2. The van der Waals surface area contributed by atoms with E-state index >= 15 is 0 Å². The van der Waals surface area contributed by atoms with E-state index in [0.717, 1.165) is 10.6 Å². The highest BCUT2D eigenvalue weighted by atomic mass is 35.5. The molecule has 0 spiro atoms. The molecule has 4 aliphatic rings. The van der Waals surface area contributed by atoms with Crippen molar-refractivity contribution in [3.8, 4) is 0 Å². The molecule has 220 valence electrons. The molecule has 13 heteroatoms. The van der Waals surface area contributed by atoms with Crippen molar-refractivity contribution in [3.05, 3.63) is 64.2 Å². The second-order valence-electron chi connectivity index (χ2n) is 11.1. The van der Waals surface area contributed by atoms with Crippen LogP contribution in [0.4, 0.5) is 14.5 Å². The van der Waals surface area contributed by atoms with Crippen LogP contribution in [-0.2, 0) is 20.3 Å². The van der Waals surface area contributed by atoms with Crippen molar-refractivity contribution in [2.45, 2.75) is 24.8 Å². The van der Waals surface area contributed by atoms with E-state index in [0.29, 0.717) is 37.7 Å². The van der Waals surface area contributed by atoms with Gasteiger partial charge < -0.3 is 9.80 Å². The first-order valence-corrected chi connectivity index (χ1v) is 14.2. The van der Waals surface area contributed by atoms with E-state index in [1.807, 2.05) is 0 Å². The Morgan fingerprint density at radius 1 is 0.929 bits per heavy atom. The van der Waals surface area contributed by atoms with Crippen molar-refractivity contribution >= 4 is 46.8 Å². The van der Waals surface area contributed by atoms with E-state index in [1.54, 1.807) is 18.2 Å². The number of nitrogens with zero attached hydrogens (tertiary/aromatic N) is 4. The van der Waals surface area contributed by atoms with Gasteiger partial charge in [-0.3, -0.25) is 39.1 Å². The molecule has 3 fully saturated rings. The van der Waals surface area contributed by atoms with E-state index in [1.165, 1.54) is 29.2 Å². The SMILES string of the molecule is O=C1CCC(N2C(=O)c3ccc(N4CCN(CC5CN(C(=O)C(F)(F)c6ccc(Cl)cc6)C5)CC4)cc3C2=O)C(=O)N1. The zero-order valence-electron chi connectivity index (χ0n) is 22.5. The van der Waals surface area contributed by atoms with Crippen LogP contribution in [0.1, 0.15) is 39.1 Å². The van der Waals surface area contributed by atoms with Gasteiger partial charge in [0.1, 0.15) is 6.04 Å². The number of imide groups is 2. The average molecular weight is 600 g/mol. The van der Waals surface area contributed by atoms with Crippen LogP contribution in [0.3, 0.4) is 0 Å². The van der Waals surface area contributed by atoms with Crippen molar-refractivity contribution < 1.29 is 32.8 Å². The van der Waals surface area contributed by atoms with E-state index in [2.05, 4.69) is 15.1 Å². The predicted octanol–water partition coefficient (Wildman–Crippen LogP) is 2.11. The Labute approximate surface area is 245 Å². The van der Waals surface area contributed by atoms with Gasteiger partial charge in [-0.05, 0) is 36.8 Å². The van der Waals surface area contributed by atoms with Crippen LogP contribution in [0.15, 0.2) is 42.5 Å². The molecule has 1 atom stereocenters. The minimum Gasteiger partial charge on any atom is -0.369 e. The summed E-state index contributed by atoms with van der Waals surface area (Å²) in [5.41, 5.74) is 0.874. The number of fused-ring (bicyclic) bond motifs is 1. The number of carbonyl (C=O) groups is 5. The number of benzene rings is 2. The highest BCUT2D eigenvalue weighted by Crippen LogP contribution is 2.34. The van der Waals surface area contributed by atoms with Crippen LogP contribution in [-0.4, -0.2) is 96.1 Å². The molecule has 0 radical (unpaired) electrons. The molecule has 0 bridgehead atoms. The molecule has 0 aromatic heterocycles. The Hall–Kier alpha value is -3.90. The van der Waals surface area contributed by atoms with Gasteiger partial charge in [0.15, 0.2) is 0 Å². The summed E-state index contributed by atoms with van der Waals surface area (Å²) in [6.07, 6.45) is 0.160. The number of alkyl halides is 2. The van der Waals surface area contributed by atoms with Gasteiger partial charge in [0, 0.05) is 74.4 Å². The number of carbonyl (C=O) groups excluding carboxylic acids is 5. The third kappa shape index (κ3) is 5.02. The van der Waals surface area contributed by atoms with Crippen LogP contribution >= 0.6 is 11.6 Å². The maximum absolute atomic E-state index is 14.7. The lowest BCUT2D eigenvalue weighted by Crippen LogP contribution is -2.58. The monoisotopic (exact) mass is 599 g/mol. The van der Waals surface area contributed by atoms with Crippen LogP contribution < -0.4 is 10.2 Å². The second-order valence-corrected chi connectivity index (χ2v) is 11.6. The Balaban J connectivity index is 1.01. The minimum atomic E-state index is -3.61. The number of piperazine rings is 1. The molecule has 4 aliphatic heterocycles. The number of piperidine rings is 1. The quantitative estimate of drug-likeness (QED) is 0.507. The summed E-state index contributed by atoms with van der Waals surface area (Å²) in [5.74, 6) is -6.87. The Morgan fingerprint density at radius 3 is 2.26 bits per heavy atom. The van der Waals surface area contributed by atoms with Crippen LogP contribution in [0.5, 0.6) is 0 Å². The zero-order valence-corrected chi connectivity index (χ0v) is 23.3. The number of amides is 5. The number of nitrogens with one attached hydrogen (secondary N) is 1. The number of hydrogen-bond donors (Lipinski definition) is 1. The van der Waals surface area contributed by atoms with Crippen molar-refractivity contribution in [3.63, 3.8) is 0 Å². The molecule has 10 nitrogen and oxygen atoms in total. The van der Waals surface area contributed by atoms with Gasteiger partial charge in [0.2, 0.25) is 11.8 Å². The number of anilines is 1. The van der Waals surface area contributed by atoms with Gasteiger partial charge >= 0.3 is 5.92 Å². The van der Waals surface area contributed by atoms with Crippen LogP contribution in [0.25, 0.3) is 0 Å². The van der Waals surface area contributed by atoms with Gasteiger partial charge in [0.25, 0.3) is 17.7 Å². The van der Waals surface area contributed by atoms with Gasteiger partial charge in [-0.2, -0.15) is 8.78 Å². The van der Waals surface area contributed by atoms with Gasteiger partial charge in [-0.15, -0.1) is 0 Å². The fourth-order valence-electron chi connectivity index (χ4n) is 6.04. The van der Waals surface area contributed by atoms with E-state index < -0.39 is 41.5 Å². The minimum absolute atomic E-state index is 0.0599. The maximum Gasteiger partial charge on any atom is 0.349 e. The van der Waals surface area contributed by atoms with E-state index in [4.69, 9.17) is 11.6 Å². The zero-order chi connectivity index (χ0) is 29.8. The predicted molar refractivity (Wildman–Crippen MR) is 147 cm³/mol. The second kappa shape index (κ2) is 10.7. The highest BCUT2D eigenvalue weighted by Gasteiger charge is 2.48. The van der Waals surface area contributed by atoms with Crippen molar-refractivity contribution in [2.75, 3.05) is 50.7 Å². The molecule has 2 aromatic rings. The number of likely N-dealkylation sites (tertiary alicyclic amines) is 1. The lowest BCUT2D eigenvalue weighted by atomic mass is 9.96. The first-order valence-electron chi connectivity index (χ1n) is 13.8. The fourth-order valence-corrected chi connectivity index (χ4v) is 6.17. The molecular weight excluding hydrogens is 572 g/mol. The van der Waals surface area contributed by atoms with E-state index in [9.17, 15) is 32.8 Å². The molecule has 0 aliphatic carbocycles. The topological polar surface area (TPSA) is 110 Å². The molecule has 1 N–H and O–H groups in total. The number of hydrogen-bond acceptors (Lipinski definition) is 7. The smallest absolute Gasteiger partial charge is 0.349 e. The van der Waals surface area contributed by atoms with Crippen LogP contribution in [0.2, 0.25) is 5.02 Å². The molecule has 6 rings (SSSR count). The van der Waals surface area contributed by atoms with E-state index in [-0.39, 0.29) is 48.5 Å². The highest BCUT2D eigenvalue weighted by molar-refractivity contribution is 6.30. The Bertz CT molecular complexity index is 1470. The summed E-state index contributed by atoms with van der Waals surface area (Å²) in [5, 5.41) is 2.51. The molecule has 1 unspecified atom stereocenters. The summed E-state index contributed by atoms with van der Waals surface area (Å²) in [4.78, 5) is 68.8. The lowest BCUT2D eigenvalue weighted by molar-refractivity contribution is -0.166. The Kier molecular flexibility index (Phi) is 7.22. The molecule has 2 aromatic carbocycles. The normalized spacial score (nSPS) is 21.9. The summed E-state index contributed by atoms with van der Waals surface area (Å²) in [6, 6.07) is 9.06. The summed E-state index contributed by atoms with van der Waals surface area (Å²) in [7, 11) is 0. The van der Waals surface area contributed by atoms with Crippen LogP contribution in [0, 0.1) is 5.92 Å². The number of rotatable bonds is 6. The van der Waals surface area contributed by atoms with Crippen molar-refractivity contribution in [1.82, 2.24) is 20.0 Å². The third-order valence-electron chi connectivity index (χ3n) is 8.40. The summed E-state index contributed by atoms with van der Waals surface area (Å²) < 4.78 is 29.4. The summed E-state index contributed by atoms with van der Waals surface area (Å²) >= 11 is 5.78. The standard InChI is InChI=1S/C29H28ClF2N5O5/c30-19-3-1-18(2-4-19)29(31,32)28(42)36-15-17(16-36)14-34-9-11-35(12-10-34)20-5-6-21-22(13-20)27(41)37(26(21)40)23-7-8-24(38)33-25(23)39/h1-6,13,17,23H,7-12,14-16H2,(H,33,38,39). The molecule has 3 saturated heterocycles. The van der Waals surface area contributed by atoms with Crippen molar-refractivity contribution in [1.29, 1.82) is 0 Å². The van der Waals surface area contributed by atoms with Crippen molar-refractivity contribution in [2.24, 2.45) is 5.92 Å². The third-order valence-corrected chi connectivity index (χ3v) is 8.65. The van der Waals surface area contributed by atoms with Gasteiger partial charge in [-0.25, -0.2) is 0 Å². The number of halogens is 3. The molecule has 5 amide bonds. The summed E-state index contributed by atoms with van der Waals surface area (Å²) in [6.45, 7) is 3.95. The molecular formula is C29H28ClF2N5O5. The maximum atomic E-state index is 14.7. The van der Waals surface area contributed by atoms with Gasteiger partial charge in [0.05, 0.1) is 11.1 Å². The Morgan fingerprint density at radius 2 is 1.60 bits per heavy atom. The molecule has 42 heavy (non-hydrogen) atoms. The van der Waals surface area contributed by atoms with Gasteiger partial charge in [-0.1, -0.05) is 23.7 Å². The molecule has 0 saturated carbocycles. The lowest BCUT2D eigenvalue weighted by Gasteiger charge is -2.44. The fraction of sp³-hybridized carbons (Fsp3) is 0.414. The first-order chi connectivity index (χ1) is 20.0. The largest absolute Gasteiger partial charge is 0.369 e. The average Bonchev–Trinajstić information content (AvgIpc) is 3.19. The molecule has 4 heterocycles.